The van der Waals surface area contributed by atoms with Crippen molar-refractivity contribution in [2.75, 3.05) is 20.2 Å². The van der Waals surface area contributed by atoms with Crippen molar-refractivity contribution >= 4 is 11.9 Å². The molecule has 1 aromatic carbocycles. The SMILES string of the molecule is COC(=O)CCCC(=O)N1CCC(C)(c2ccccc2)CC1. The molecule has 0 unspecified atom stereocenters. The number of hydrogen-bond donors (Lipinski definition) is 0. The Morgan fingerprint density at radius 3 is 2.36 bits per heavy atom. The van der Waals surface area contributed by atoms with E-state index in [0.717, 1.165) is 25.9 Å². The second kappa shape index (κ2) is 7.43. The van der Waals surface area contributed by atoms with Crippen LogP contribution in [0.4, 0.5) is 0 Å². The third kappa shape index (κ3) is 4.09. The minimum absolute atomic E-state index is 0.152. The van der Waals surface area contributed by atoms with Crippen molar-refractivity contribution in [2.45, 2.75) is 44.4 Å². The standard InChI is InChI=1S/C18H25NO3/c1-18(15-7-4-3-5-8-15)11-13-19(14-12-18)16(20)9-6-10-17(21)22-2/h3-5,7-8H,6,9-14H2,1-2H3. The number of carbonyl (C=O) groups is 2. The number of piperidine rings is 1. The van der Waals surface area contributed by atoms with Crippen molar-refractivity contribution in [1.82, 2.24) is 4.90 Å². The molecule has 1 aliphatic heterocycles. The van der Waals surface area contributed by atoms with E-state index in [-0.39, 0.29) is 17.3 Å². The fourth-order valence-electron chi connectivity index (χ4n) is 3.02. The minimum atomic E-state index is -0.247. The van der Waals surface area contributed by atoms with E-state index in [2.05, 4.69) is 35.9 Å². The van der Waals surface area contributed by atoms with Gasteiger partial charge < -0.3 is 9.64 Å². The van der Waals surface area contributed by atoms with E-state index >= 15 is 0 Å². The van der Waals surface area contributed by atoms with Crippen LogP contribution < -0.4 is 0 Å². The van der Waals surface area contributed by atoms with Crippen LogP contribution >= 0.6 is 0 Å². The smallest absolute Gasteiger partial charge is 0.305 e. The molecule has 1 saturated heterocycles. The number of methoxy groups -OCH3 is 1. The monoisotopic (exact) mass is 303 g/mol. The molecule has 1 amide bonds. The first-order valence-corrected chi connectivity index (χ1v) is 7.95. The predicted molar refractivity (Wildman–Crippen MR) is 85.5 cm³/mol. The van der Waals surface area contributed by atoms with Gasteiger partial charge in [-0.1, -0.05) is 37.3 Å². The third-order valence-corrected chi connectivity index (χ3v) is 4.69. The lowest BCUT2D eigenvalue weighted by Crippen LogP contribution is -2.43. The summed E-state index contributed by atoms with van der Waals surface area (Å²) in [6.07, 6.45) is 3.28. The van der Waals surface area contributed by atoms with Crippen molar-refractivity contribution in [3.8, 4) is 0 Å². The van der Waals surface area contributed by atoms with Gasteiger partial charge in [0.05, 0.1) is 7.11 Å². The Balaban J connectivity index is 1.81. The molecule has 1 heterocycles. The molecule has 1 fully saturated rings. The number of amides is 1. The second-order valence-corrected chi connectivity index (χ2v) is 6.24. The van der Waals surface area contributed by atoms with Gasteiger partial charge >= 0.3 is 5.97 Å². The molecule has 0 aromatic heterocycles. The predicted octanol–water partition coefficient (Wildman–Crippen LogP) is 2.91. The largest absolute Gasteiger partial charge is 0.469 e. The fraction of sp³-hybridized carbons (Fsp3) is 0.556. The zero-order valence-corrected chi connectivity index (χ0v) is 13.5. The Bertz CT molecular complexity index is 504. The van der Waals surface area contributed by atoms with Crippen LogP contribution in [0.15, 0.2) is 30.3 Å². The maximum Gasteiger partial charge on any atom is 0.305 e. The average molecular weight is 303 g/mol. The highest BCUT2D eigenvalue weighted by molar-refractivity contribution is 5.77. The first kappa shape index (κ1) is 16.5. The van der Waals surface area contributed by atoms with E-state index in [4.69, 9.17) is 0 Å². The summed E-state index contributed by atoms with van der Waals surface area (Å²) < 4.78 is 4.59. The van der Waals surface area contributed by atoms with Gasteiger partial charge in [0.2, 0.25) is 5.91 Å². The summed E-state index contributed by atoms with van der Waals surface area (Å²) in [5, 5.41) is 0. The minimum Gasteiger partial charge on any atom is -0.469 e. The van der Waals surface area contributed by atoms with Gasteiger partial charge in [-0.05, 0) is 30.2 Å². The van der Waals surface area contributed by atoms with Crippen LogP contribution in [-0.4, -0.2) is 37.0 Å². The second-order valence-electron chi connectivity index (χ2n) is 6.24. The van der Waals surface area contributed by atoms with E-state index in [1.54, 1.807) is 0 Å². The van der Waals surface area contributed by atoms with Crippen molar-refractivity contribution in [3.05, 3.63) is 35.9 Å². The summed E-state index contributed by atoms with van der Waals surface area (Å²) in [5.74, 6) is -0.0953. The van der Waals surface area contributed by atoms with Crippen LogP contribution in [0, 0.1) is 0 Å². The van der Waals surface area contributed by atoms with Gasteiger partial charge in [0.1, 0.15) is 0 Å². The molecule has 1 aromatic rings. The van der Waals surface area contributed by atoms with Gasteiger partial charge in [0.15, 0.2) is 0 Å². The van der Waals surface area contributed by atoms with Gasteiger partial charge in [-0.15, -0.1) is 0 Å². The van der Waals surface area contributed by atoms with E-state index in [1.807, 2.05) is 11.0 Å². The summed E-state index contributed by atoms with van der Waals surface area (Å²) in [6.45, 7) is 3.87. The number of hydrogen-bond acceptors (Lipinski definition) is 3. The molecule has 0 atom stereocenters. The summed E-state index contributed by atoms with van der Waals surface area (Å²) in [6, 6.07) is 10.5. The maximum atomic E-state index is 12.2. The highest BCUT2D eigenvalue weighted by Crippen LogP contribution is 2.34. The number of carbonyl (C=O) groups excluding carboxylic acids is 2. The van der Waals surface area contributed by atoms with Gasteiger partial charge in [0.25, 0.3) is 0 Å². The maximum absolute atomic E-state index is 12.2. The van der Waals surface area contributed by atoms with Crippen molar-refractivity contribution in [2.24, 2.45) is 0 Å². The number of benzene rings is 1. The summed E-state index contributed by atoms with van der Waals surface area (Å²) >= 11 is 0. The molecule has 0 saturated carbocycles. The first-order valence-electron chi connectivity index (χ1n) is 7.95. The molecule has 0 radical (unpaired) electrons. The summed E-state index contributed by atoms with van der Waals surface area (Å²) in [7, 11) is 1.37. The molecule has 120 valence electrons. The van der Waals surface area contributed by atoms with Gasteiger partial charge in [0, 0.05) is 25.9 Å². The van der Waals surface area contributed by atoms with Crippen LogP contribution in [-0.2, 0) is 19.7 Å². The molecule has 0 N–H and O–H groups in total. The molecule has 0 aliphatic carbocycles. The van der Waals surface area contributed by atoms with Crippen LogP contribution in [0.3, 0.4) is 0 Å². The number of nitrogens with zero attached hydrogens (tertiary/aromatic N) is 1. The highest BCUT2D eigenvalue weighted by Gasteiger charge is 2.32. The van der Waals surface area contributed by atoms with E-state index < -0.39 is 0 Å². The molecule has 0 bridgehead atoms. The quantitative estimate of drug-likeness (QED) is 0.786. The van der Waals surface area contributed by atoms with Crippen LogP contribution in [0.5, 0.6) is 0 Å². The zero-order chi connectivity index (χ0) is 16.0. The van der Waals surface area contributed by atoms with E-state index in [9.17, 15) is 9.59 Å². The molecule has 0 spiro atoms. The van der Waals surface area contributed by atoms with Crippen molar-refractivity contribution < 1.29 is 14.3 Å². The van der Waals surface area contributed by atoms with Crippen LogP contribution in [0.2, 0.25) is 0 Å². The normalized spacial score (nSPS) is 17.1. The fourth-order valence-corrected chi connectivity index (χ4v) is 3.02. The van der Waals surface area contributed by atoms with Crippen LogP contribution in [0.1, 0.15) is 44.6 Å². The Morgan fingerprint density at radius 1 is 1.14 bits per heavy atom. The zero-order valence-electron chi connectivity index (χ0n) is 13.5. The number of esters is 1. The highest BCUT2D eigenvalue weighted by atomic mass is 16.5. The lowest BCUT2D eigenvalue weighted by atomic mass is 9.74. The molecule has 22 heavy (non-hydrogen) atoms. The molecular formula is C18H25NO3. The van der Waals surface area contributed by atoms with E-state index in [0.29, 0.717) is 19.3 Å². The van der Waals surface area contributed by atoms with Crippen molar-refractivity contribution in [1.29, 1.82) is 0 Å². The lowest BCUT2D eigenvalue weighted by molar-refractivity contribution is -0.141. The van der Waals surface area contributed by atoms with E-state index in [1.165, 1.54) is 12.7 Å². The van der Waals surface area contributed by atoms with Crippen molar-refractivity contribution in [3.63, 3.8) is 0 Å². The molecule has 2 rings (SSSR count). The Kier molecular flexibility index (Phi) is 5.58. The Morgan fingerprint density at radius 2 is 1.77 bits per heavy atom. The molecule has 1 aliphatic rings. The Labute approximate surface area is 132 Å². The number of likely N-dealkylation sites (tertiary alicyclic amines) is 1. The summed E-state index contributed by atoms with van der Waals surface area (Å²) in [4.78, 5) is 25.2. The average Bonchev–Trinajstić information content (AvgIpc) is 2.56. The third-order valence-electron chi connectivity index (χ3n) is 4.69. The molecule has 4 heteroatoms. The first-order chi connectivity index (χ1) is 10.5. The van der Waals surface area contributed by atoms with Gasteiger partial charge in [-0.2, -0.15) is 0 Å². The van der Waals surface area contributed by atoms with Gasteiger partial charge in [-0.25, -0.2) is 0 Å². The number of rotatable bonds is 5. The van der Waals surface area contributed by atoms with Crippen LogP contribution in [0.25, 0.3) is 0 Å². The molecular weight excluding hydrogens is 278 g/mol. The lowest BCUT2D eigenvalue weighted by Gasteiger charge is -2.40. The van der Waals surface area contributed by atoms with Gasteiger partial charge in [-0.3, -0.25) is 9.59 Å². The Hall–Kier alpha value is -1.84. The molecule has 4 nitrogen and oxygen atoms in total. The summed E-state index contributed by atoms with van der Waals surface area (Å²) in [5.41, 5.74) is 1.51. The number of ether oxygens (including phenoxy) is 1. The topological polar surface area (TPSA) is 46.6 Å².